The van der Waals surface area contributed by atoms with E-state index < -0.39 is 0 Å². The summed E-state index contributed by atoms with van der Waals surface area (Å²) >= 11 is 0. The van der Waals surface area contributed by atoms with E-state index in [9.17, 15) is 0 Å². The summed E-state index contributed by atoms with van der Waals surface area (Å²) in [5.41, 5.74) is 1.26. The quantitative estimate of drug-likeness (QED) is 0.546. The van der Waals surface area contributed by atoms with E-state index in [1.807, 2.05) is 38.1 Å². The molecule has 64 valence electrons. The first-order valence-corrected chi connectivity index (χ1v) is 4.10. The fourth-order valence-corrected chi connectivity index (χ4v) is 0.757. The number of benzene rings is 1. The molecule has 0 unspecified atom stereocenters. The van der Waals surface area contributed by atoms with E-state index in [0.29, 0.717) is 0 Å². The summed E-state index contributed by atoms with van der Waals surface area (Å²) < 4.78 is 0. The van der Waals surface area contributed by atoms with Crippen molar-refractivity contribution in [2.45, 2.75) is 13.8 Å². The van der Waals surface area contributed by atoms with Crippen LogP contribution in [-0.2, 0) is 0 Å². The Hall–Kier alpha value is -1.30. The highest BCUT2D eigenvalue weighted by Crippen LogP contribution is 1.99. The molecule has 1 aromatic rings. The molecule has 0 aliphatic rings. The van der Waals surface area contributed by atoms with Crippen molar-refractivity contribution < 1.29 is 0 Å². The van der Waals surface area contributed by atoms with Gasteiger partial charge in [0.25, 0.3) is 0 Å². The van der Waals surface area contributed by atoms with Gasteiger partial charge in [-0.1, -0.05) is 48.6 Å². The molecule has 0 saturated carbocycles. The highest BCUT2D eigenvalue weighted by atomic mass is 13.8. The third-order valence-electron chi connectivity index (χ3n) is 1.16. The lowest BCUT2D eigenvalue weighted by Gasteiger charge is -1.86. The fourth-order valence-electron chi connectivity index (χ4n) is 0.757. The van der Waals surface area contributed by atoms with Crippen LogP contribution in [0.25, 0.3) is 6.08 Å². The van der Waals surface area contributed by atoms with Crippen LogP contribution in [0.3, 0.4) is 0 Å². The molecule has 0 N–H and O–H groups in total. The molecule has 0 aliphatic heterocycles. The zero-order chi connectivity index (χ0) is 9.23. The molecule has 12 heavy (non-hydrogen) atoms. The maximum Gasteiger partial charge on any atom is -0.0260 e. The van der Waals surface area contributed by atoms with Crippen LogP contribution >= 0.6 is 0 Å². The van der Waals surface area contributed by atoms with Crippen LogP contribution in [-0.4, -0.2) is 0 Å². The molecule has 0 fully saturated rings. The van der Waals surface area contributed by atoms with Crippen molar-refractivity contribution in [2.75, 3.05) is 0 Å². The van der Waals surface area contributed by atoms with E-state index in [-0.39, 0.29) is 0 Å². The average molecular weight is 160 g/mol. The summed E-state index contributed by atoms with van der Waals surface area (Å²) in [6.07, 6.45) is 5.87. The lowest BCUT2D eigenvalue weighted by molar-refractivity contribution is 1.64. The summed E-state index contributed by atoms with van der Waals surface area (Å²) in [6.45, 7) is 7.27. The molecule has 0 nitrogen and oxygen atoms in total. The molecule has 0 radical (unpaired) electrons. The van der Waals surface area contributed by atoms with Crippen LogP contribution in [0, 0.1) is 0 Å². The standard InChI is InChI=1S/C9H10.C3H6/c1-2-6-9-7-4-3-5-8-9;1-3-2/h2-8H,1H3;3H,1H2,2H3. The maximum absolute atomic E-state index is 3.36. The summed E-state index contributed by atoms with van der Waals surface area (Å²) in [5.74, 6) is 0. The van der Waals surface area contributed by atoms with Crippen molar-refractivity contribution in [1.82, 2.24) is 0 Å². The second-order valence-corrected chi connectivity index (χ2v) is 2.32. The largest absolute Gasteiger partial charge is 0.103 e. The van der Waals surface area contributed by atoms with E-state index >= 15 is 0 Å². The Labute approximate surface area is 75.2 Å². The van der Waals surface area contributed by atoms with Gasteiger partial charge in [-0.25, -0.2) is 0 Å². The Balaban J connectivity index is 0.000000354. The highest BCUT2D eigenvalue weighted by molar-refractivity contribution is 5.47. The van der Waals surface area contributed by atoms with Gasteiger partial charge in [-0.15, -0.1) is 6.58 Å². The van der Waals surface area contributed by atoms with Gasteiger partial charge in [0.05, 0.1) is 0 Å². The SMILES string of the molecule is C=CC.CC=Cc1ccccc1. The van der Waals surface area contributed by atoms with E-state index in [2.05, 4.69) is 24.8 Å². The van der Waals surface area contributed by atoms with E-state index in [1.165, 1.54) is 5.56 Å². The van der Waals surface area contributed by atoms with E-state index in [0.717, 1.165) is 0 Å². The van der Waals surface area contributed by atoms with Crippen molar-refractivity contribution in [1.29, 1.82) is 0 Å². The van der Waals surface area contributed by atoms with Gasteiger partial charge >= 0.3 is 0 Å². The van der Waals surface area contributed by atoms with Gasteiger partial charge in [-0.3, -0.25) is 0 Å². The Morgan fingerprint density at radius 1 is 1.08 bits per heavy atom. The Morgan fingerprint density at radius 2 is 1.58 bits per heavy atom. The van der Waals surface area contributed by atoms with Crippen molar-refractivity contribution in [3.63, 3.8) is 0 Å². The van der Waals surface area contributed by atoms with Crippen LogP contribution in [0.4, 0.5) is 0 Å². The summed E-state index contributed by atoms with van der Waals surface area (Å²) in [6, 6.07) is 10.3. The highest BCUT2D eigenvalue weighted by Gasteiger charge is 1.77. The second-order valence-electron chi connectivity index (χ2n) is 2.32. The van der Waals surface area contributed by atoms with E-state index in [4.69, 9.17) is 0 Å². The van der Waals surface area contributed by atoms with E-state index in [1.54, 1.807) is 6.08 Å². The maximum atomic E-state index is 3.36. The van der Waals surface area contributed by atoms with Gasteiger partial charge in [-0.05, 0) is 19.4 Å². The molecular formula is C12H16. The van der Waals surface area contributed by atoms with Gasteiger partial charge in [0.1, 0.15) is 0 Å². The zero-order valence-corrected chi connectivity index (χ0v) is 7.83. The fraction of sp³-hybridized carbons (Fsp3) is 0.167. The molecule has 0 bridgehead atoms. The second kappa shape index (κ2) is 7.80. The number of hydrogen-bond donors (Lipinski definition) is 0. The third kappa shape index (κ3) is 5.48. The van der Waals surface area contributed by atoms with Crippen LogP contribution in [0.15, 0.2) is 49.1 Å². The third-order valence-corrected chi connectivity index (χ3v) is 1.16. The van der Waals surface area contributed by atoms with Crippen LogP contribution < -0.4 is 0 Å². The predicted octanol–water partition coefficient (Wildman–Crippen LogP) is 3.91. The number of rotatable bonds is 1. The van der Waals surface area contributed by atoms with Gasteiger partial charge in [0.15, 0.2) is 0 Å². The molecular weight excluding hydrogens is 144 g/mol. The van der Waals surface area contributed by atoms with Gasteiger partial charge < -0.3 is 0 Å². The molecule has 0 spiro atoms. The monoisotopic (exact) mass is 160 g/mol. The first kappa shape index (κ1) is 10.7. The number of allylic oxidation sites excluding steroid dienone is 2. The van der Waals surface area contributed by atoms with Crippen molar-refractivity contribution in [3.8, 4) is 0 Å². The first-order valence-electron chi connectivity index (χ1n) is 4.10. The minimum absolute atomic E-state index is 1.26. The minimum Gasteiger partial charge on any atom is -0.103 e. The smallest absolute Gasteiger partial charge is 0.0260 e. The molecule has 0 heteroatoms. The predicted molar refractivity (Wildman–Crippen MR) is 57.0 cm³/mol. The molecule has 1 aromatic carbocycles. The van der Waals surface area contributed by atoms with Crippen LogP contribution in [0.1, 0.15) is 19.4 Å². The summed E-state index contributed by atoms with van der Waals surface area (Å²) in [7, 11) is 0. The average Bonchev–Trinajstić information content (AvgIpc) is 2.08. The van der Waals surface area contributed by atoms with Gasteiger partial charge in [0, 0.05) is 0 Å². The zero-order valence-electron chi connectivity index (χ0n) is 7.83. The van der Waals surface area contributed by atoms with Crippen LogP contribution in [0.2, 0.25) is 0 Å². The summed E-state index contributed by atoms with van der Waals surface area (Å²) in [5, 5.41) is 0. The minimum atomic E-state index is 1.26. The number of hydrogen-bond acceptors (Lipinski definition) is 0. The topological polar surface area (TPSA) is 0 Å². The Kier molecular flexibility index (Phi) is 6.96. The molecule has 1 rings (SSSR count). The molecule has 0 heterocycles. The first-order chi connectivity index (χ1) is 5.85. The molecule has 0 aromatic heterocycles. The Bertz CT molecular complexity index is 219. The van der Waals surface area contributed by atoms with Crippen molar-refractivity contribution >= 4 is 6.08 Å². The van der Waals surface area contributed by atoms with Crippen LogP contribution in [0.5, 0.6) is 0 Å². The van der Waals surface area contributed by atoms with Crippen molar-refractivity contribution in [2.24, 2.45) is 0 Å². The lowest BCUT2D eigenvalue weighted by Crippen LogP contribution is -1.65. The van der Waals surface area contributed by atoms with Gasteiger partial charge in [0.2, 0.25) is 0 Å². The van der Waals surface area contributed by atoms with Crippen molar-refractivity contribution in [3.05, 3.63) is 54.6 Å². The van der Waals surface area contributed by atoms with Gasteiger partial charge in [-0.2, -0.15) is 0 Å². The lowest BCUT2D eigenvalue weighted by atomic mass is 10.2. The molecule has 0 aliphatic carbocycles. The molecule has 0 amide bonds. The molecule has 0 saturated heterocycles. The normalized spacial score (nSPS) is 8.83. The summed E-state index contributed by atoms with van der Waals surface area (Å²) in [4.78, 5) is 0. The molecule has 0 atom stereocenters. The Morgan fingerprint density at radius 3 is 2.00 bits per heavy atom.